The summed E-state index contributed by atoms with van der Waals surface area (Å²) in [5.74, 6) is -0.536. The lowest BCUT2D eigenvalue weighted by molar-refractivity contribution is -0.113. The zero-order chi connectivity index (χ0) is 6.57. The molecule has 0 aliphatic heterocycles. The van der Waals surface area contributed by atoms with E-state index in [0.717, 1.165) is 6.08 Å². The number of aliphatic hydroxyl groups excluding tert-OH is 1. The highest BCUT2D eigenvalue weighted by Crippen LogP contribution is 1.79. The SMILES string of the molecule is CC(O)C=CC(N)=O. The minimum Gasteiger partial charge on any atom is -0.389 e. The van der Waals surface area contributed by atoms with E-state index >= 15 is 0 Å². The zero-order valence-electron chi connectivity index (χ0n) is 4.66. The molecule has 0 aliphatic rings. The Kier molecular flexibility index (Phi) is 2.88. The zero-order valence-corrected chi connectivity index (χ0v) is 4.66. The number of hydrogen-bond acceptors (Lipinski definition) is 2. The van der Waals surface area contributed by atoms with Crippen LogP contribution in [0.2, 0.25) is 0 Å². The highest BCUT2D eigenvalue weighted by molar-refractivity contribution is 5.85. The van der Waals surface area contributed by atoms with Crippen molar-refractivity contribution in [3.05, 3.63) is 12.2 Å². The largest absolute Gasteiger partial charge is 0.389 e. The van der Waals surface area contributed by atoms with Crippen LogP contribution in [0.3, 0.4) is 0 Å². The van der Waals surface area contributed by atoms with Crippen LogP contribution >= 0.6 is 0 Å². The molecule has 3 nitrogen and oxygen atoms in total. The quantitative estimate of drug-likeness (QED) is 0.472. The molecule has 3 N–H and O–H groups in total. The molecule has 0 aromatic rings. The van der Waals surface area contributed by atoms with E-state index in [9.17, 15) is 4.79 Å². The highest BCUT2D eigenvalue weighted by Gasteiger charge is 1.85. The topological polar surface area (TPSA) is 63.3 Å². The van der Waals surface area contributed by atoms with Crippen molar-refractivity contribution >= 4 is 5.91 Å². The van der Waals surface area contributed by atoms with E-state index in [-0.39, 0.29) is 0 Å². The Morgan fingerprint density at radius 2 is 2.38 bits per heavy atom. The maximum absolute atomic E-state index is 9.93. The van der Waals surface area contributed by atoms with E-state index in [1.54, 1.807) is 6.92 Å². The molecule has 0 spiro atoms. The predicted molar refractivity (Wildman–Crippen MR) is 30.0 cm³/mol. The predicted octanol–water partition coefficient (Wildman–Crippen LogP) is -0.591. The molecular formula is C5H9NO2. The summed E-state index contributed by atoms with van der Waals surface area (Å²) in [6, 6.07) is 0. The fraction of sp³-hybridized carbons (Fsp3) is 0.400. The Balaban J connectivity index is 3.50. The second kappa shape index (κ2) is 3.21. The molecule has 0 bridgehead atoms. The van der Waals surface area contributed by atoms with Crippen LogP contribution in [0.5, 0.6) is 0 Å². The number of amides is 1. The number of carbonyl (C=O) groups excluding carboxylic acids is 1. The van der Waals surface area contributed by atoms with Crippen LogP contribution in [0.4, 0.5) is 0 Å². The van der Waals surface area contributed by atoms with Crippen LogP contribution in [0.25, 0.3) is 0 Å². The van der Waals surface area contributed by atoms with Gasteiger partial charge < -0.3 is 10.8 Å². The molecule has 0 aliphatic carbocycles. The smallest absolute Gasteiger partial charge is 0.241 e. The second-order valence-electron chi connectivity index (χ2n) is 1.50. The normalized spacial score (nSPS) is 14.2. The van der Waals surface area contributed by atoms with E-state index in [1.807, 2.05) is 0 Å². The third kappa shape index (κ3) is 5.17. The first-order valence-corrected chi connectivity index (χ1v) is 2.28. The average molecular weight is 115 g/mol. The van der Waals surface area contributed by atoms with E-state index in [0.29, 0.717) is 0 Å². The first-order valence-electron chi connectivity index (χ1n) is 2.28. The van der Waals surface area contributed by atoms with Crippen molar-refractivity contribution in [2.45, 2.75) is 13.0 Å². The molecule has 0 radical (unpaired) electrons. The van der Waals surface area contributed by atoms with Crippen LogP contribution in [-0.4, -0.2) is 17.1 Å². The molecule has 0 fully saturated rings. The summed E-state index contributed by atoms with van der Waals surface area (Å²) in [7, 11) is 0. The van der Waals surface area contributed by atoms with Crippen molar-refractivity contribution < 1.29 is 9.90 Å². The third-order valence-electron chi connectivity index (χ3n) is 0.539. The Morgan fingerprint density at radius 3 is 2.50 bits per heavy atom. The maximum Gasteiger partial charge on any atom is 0.241 e. The van der Waals surface area contributed by atoms with Gasteiger partial charge in [0.25, 0.3) is 0 Å². The summed E-state index contributed by atoms with van der Waals surface area (Å²) in [5, 5.41) is 8.51. The molecule has 0 aromatic carbocycles. The standard InChI is InChI=1S/C5H9NO2/c1-4(7)2-3-5(6)8/h2-4,7H,1H3,(H2,6,8). The minimum atomic E-state index is -0.595. The lowest BCUT2D eigenvalue weighted by Crippen LogP contribution is -2.07. The summed E-state index contributed by atoms with van der Waals surface area (Å²) < 4.78 is 0. The van der Waals surface area contributed by atoms with Crippen molar-refractivity contribution in [2.24, 2.45) is 5.73 Å². The lowest BCUT2D eigenvalue weighted by Gasteiger charge is -1.88. The molecule has 1 amide bonds. The highest BCUT2D eigenvalue weighted by atomic mass is 16.3. The minimum absolute atomic E-state index is 0.536. The summed E-state index contributed by atoms with van der Waals surface area (Å²) in [5.41, 5.74) is 4.70. The first kappa shape index (κ1) is 7.17. The molecule has 1 unspecified atom stereocenters. The van der Waals surface area contributed by atoms with Crippen LogP contribution in [0.15, 0.2) is 12.2 Å². The summed E-state index contributed by atoms with van der Waals surface area (Å²) in [6.07, 6.45) is 1.86. The fourth-order valence-electron chi connectivity index (χ4n) is 0.234. The Labute approximate surface area is 47.8 Å². The monoisotopic (exact) mass is 115 g/mol. The number of aliphatic hydroxyl groups is 1. The molecule has 0 saturated heterocycles. The van der Waals surface area contributed by atoms with Crippen molar-refractivity contribution in [1.29, 1.82) is 0 Å². The second-order valence-corrected chi connectivity index (χ2v) is 1.50. The van der Waals surface area contributed by atoms with Crippen LogP contribution in [-0.2, 0) is 4.79 Å². The number of hydrogen-bond donors (Lipinski definition) is 2. The van der Waals surface area contributed by atoms with Gasteiger partial charge in [-0.2, -0.15) is 0 Å². The van der Waals surface area contributed by atoms with Crippen molar-refractivity contribution in [2.75, 3.05) is 0 Å². The van der Waals surface area contributed by atoms with Gasteiger partial charge in [0, 0.05) is 6.08 Å². The van der Waals surface area contributed by atoms with Gasteiger partial charge in [0.2, 0.25) is 5.91 Å². The summed E-state index contributed by atoms with van der Waals surface area (Å²) >= 11 is 0. The van der Waals surface area contributed by atoms with Gasteiger partial charge in [0.15, 0.2) is 0 Å². The van der Waals surface area contributed by atoms with E-state index in [1.165, 1.54) is 6.08 Å². The Bertz CT molecular complexity index is 107. The van der Waals surface area contributed by atoms with Gasteiger partial charge in [-0.25, -0.2) is 0 Å². The van der Waals surface area contributed by atoms with Gasteiger partial charge in [-0.15, -0.1) is 0 Å². The van der Waals surface area contributed by atoms with Gasteiger partial charge in [0.1, 0.15) is 0 Å². The number of primary amides is 1. The van der Waals surface area contributed by atoms with Crippen molar-refractivity contribution in [1.82, 2.24) is 0 Å². The molecule has 46 valence electrons. The van der Waals surface area contributed by atoms with Gasteiger partial charge in [-0.1, -0.05) is 6.08 Å². The molecule has 1 atom stereocenters. The molecular weight excluding hydrogens is 106 g/mol. The van der Waals surface area contributed by atoms with Crippen molar-refractivity contribution in [3.63, 3.8) is 0 Å². The third-order valence-corrected chi connectivity index (χ3v) is 0.539. The summed E-state index contributed by atoms with van der Waals surface area (Å²) in [6.45, 7) is 1.54. The Hall–Kier alpha value is -0.830. The maximum atomic E-state index is 9.93. The molecule has 8 heavy (non-hydrogen) atoms. The van der Waals surface area contributed by atoms with E-state index in [4.69, 9.17) is 10.8 Å². The van der Waals surface area contributed by atoms with Gasteiger partial charge in [-0.05, 0) is 6.92 Å². The van der Waals surface area contributed by atoms with E-state index in [2.05, 4.69) is 0 Å². The summed E-state index contributed by atoms with van der Waals surface area (Å²) in [4.78, 5) is 9.93. The fourth-order valence-corrected chi connectivity index (χ4v) is 0.234. The average Bonchev–Trinajstić information content (AvgIpc) is 1.61. The van der Waals surface area contributed by atoms with Crippen LogP contribution in [0.1, 0.15) is 6.92 Å². The molecule has 0 aromatic heterocycles. The molecule has 3 heteroatoms. The molecule has 0 rings (SSSR count). The van der Waals surface area contributed by atoms with Gasteiger partial charge >= 0.3 is 0 Å². The van der Waals surface area contributed by atoms with Gasteiger partial charge in [-0.3, -0.25) is 4.79 Å². The van der Waals surface area contributed by atoms with Gasteiger partial charge in [0.05, 0.1) is 6.10 Å². The number of carbonyl (C=O) groups is 1. The number of nitrogens with two attached hydrogens (primary N) is 1. The molecule has 0 heterocycles. The number of rotatable bonds is 2. The van der Waals surface area contributed by atoms with E-state index < -0.39 is 12.0 Å². The van der Waals surface area contributed by atoms with Crippen LogP contribution in [0, 0.1) is 0 Å². The first-order chi connectivity index (χ1) is 3.63. The van der Waals surface area contributed by atoms with Crippen molar-refractivity contribution in [3.8, 4) is 0 Å². The molecule has 0 saturated carbocycles. The lowest BCUT2D eigenvalue weighted by atomic mass is 10.3. The Morgan fingerprint density at radius 1 is 1.88 bits per heavy atom. The van der Waals surface area contributed by atoms with Crippen LogP contribution < -0.4 is 5.73 Å².